The molecular formula is C15H24BN3O4. The number of nitrogens with two attached hydrogens (primary N) is 1. The molecule has 0 aliphatic carbocycles. The van der Waals surface area contributed by atoms with E-state index in [1.54, 1.807) is 19.3 Å². The fourth-order valence-electron chi connectivity index (χ4n) is 2.32. The third-order valence-electron chi connectivity index (χ3n) is 4.48. The highest BCUT2D eigenvalue weighted by Crippen LogP contribution is 2.38. The van der Waals surface area contributed by atoms with Crippen molar-refractivity contribution in [1.82, 2.24) is 9.78 Å². The molecule has 23 heavy (non-hydrogen) atoms. The van der Waals surface area contributed by atoms with Crippen LogP contribution in [0.4, 0.5) is 0 Å². The number of nitrogens with zero attached hydrogens (tertiary/aromatic N) is 2. The molecular weight excluding hydrogens is 297 g/mol. The van der Waals surface area contributed by atoms with Crippen LogP contribution in [0.15, 0.2) is 11.7 Å². The summed E-state index contributed by atoms with van der Waals surface area (Å²) in [5.41, 5.74) is 6.68. The van der Waals surface area contributed by atoms with Crippen LogP contribution in [0.25, 0.3) is 6.08 Å². The molecule has 2 N–H and O–H groups in total. The predicted molar refractivity (Wildman–Crippen MR) is 87.7 cm³/mol. The Morgan fingerprint density at radius 2 is 1.96 bits per heavy atom. The van der Waals surface area contributed by atoms with Gasteiger partial charge in [0.15, 0.2) is 5.69 Å². The molecule has 8 heteroatoms. The Balaban J connectivity index is 2.37. The average molecular weight is 321 g/mol. The molecule has 0 aromatic carbocycles. The van der Waals surface area contributed by atoms with Crippen LogP contribution in [0, 0.1) is 0 Å². The largest absolute Gasteiger partial charge is 0.491 e. The van der Waals surface area contributed by atoms with Crippen LogP contribution in [0.5, 0.6) is 0 Å². The van der Waals surface area contributed by atoms with Gasteiger partial charge in [0, 0.05) is 19.2 Å². The topological polar surface area (TPSA) is 88.6 Å². The first-order chi connectivity index (χ1) is 10.6. The number of hydrogen-bond acceptors (Lipinski definition) is 6. The van der Waals surface area contributed by atoms with Crippen LogP contribution in [-0.4, -0.2) is 47.7 Å². The second-order valence-electron chi connectivity index (χ2n) is 6.58. The Morgan fingerprint density at radius 1 is 1.39 bits per heavy atom. The number of aryl methyl sites for hydroxylation is 1. The molecule has 126 valence electrons. The van der Waals surface area contributed by atoms with Crippen molar-refractivity contribution >= 4 is 19.2 Å². The Bertz CT molecular complexity index is 621. The minimum Gasteiger partial charge on any atom is -0.464 e. The number of ether oxygens (including phenoxy) is 1. The summed E-state index contributed by atoms with van der Waals surface area (Å²) in [4.78, 5) is 11.9. The van der Waals surface area contributed by atoms with Crippen molar-refractivity contribution in [3.63, 3.8) is 0 Å². The number of aromatic nitrogens is 2. The highest BCUT2D eigenvalue weighted by molar-refractivity contribution is 6.56. The standard InChI is InChI=1S/C15H24BN3O4/c1-14(2)15(3,4)23-16(22-14)11(8-17)7-10-9-18-19(5)12(10)13(20)21-6/h7,9H,8,17H2,1-6H3. The molecule has 0 radical (unpaired) electrons. The van der Waals surface area contributed by atoms with Crippen LogP contribution in [0.2, 0.25) is 0 Å². The summed E-state index contributed by atoms with van der Waals surface area (Å²) < 4.78 is 18.3. The summed E-state index contributed by atoms with van der Waals surface area (Å²) in [5, 5.41) is 4.11. The molecule has 1 saturated heterocycles. The second-order valence-corrected chi connectivity index (χ2v) is 6.58. The predicted octanol–water partition coefficient (Wildman–Crippen LogP) is 1.18. The molecule has 1 aromatic rings. The fourth-order valence-corrected chi connectivity index (χ4v) is 2.32. The Hall–Kier alpha value is -1.64. The SMILES string of the molecule is COC(=O)c1c(C=C(CN)B2OC(C)(C)C(C)(C)O2)cnn1C. The van der Waals surface area contributed by atoms with E-state index < -0.39 is 24.3 Å². The van der Waals surface area contributed by atoms with Crippen molar-refractivity contribution in [2.75, 3.05) is 13.7 Å². The molecule has 7 nitrogen and oxygen atoms in total. The summed E-state index contributed by atoms with van der Waals surface area (Å²) in [6, 6.07) is 0. The van der Waals surface area contributed by atoms with Gasteiger partial charge in [0.05, 0.1) is 24.5 Å². The van der Waals surface area contributed by atoms with Crippen molar-refractivity contribution in [2.45, 2.75) is 38.9 Å². The van der Waals surface area contributed by atoms with Crippen molar-refractivity contribution in [3.05, 3.63) is 22.9 Å². The van der Waals surface area contributed by atoms with Crippen molar-refractivity contribution in [2.24, 2.45) is 12.8 Å². The monoisotopic (exact) mass is 321 g/mol. The van der Waals surface area contributed by atoms with Crippen LogP contribution in [-0.2, 0) is 21.1 Å². The van der Waals surface area contributed by atoms with Gasteiger partial charge in [-0.15, -0.1) is 0 Å². The Kier molecular flexibility index (Phi) is 4.70. The third kappa shape index (κ3) is 3.20. The van der Waals surface area contributed by atoms with E-state index in [4.69, 9.17) is 19.8 Å². The van der Waals surface area contributed by atoms with E-state index in [0.717, 1.165) is 5.47 Å². The number of hydrogen-bond donors (Lipinski definition) is 1. The van der Waals surface area contributed by atoms with Gasteiger partial charge in [-0.1, -0.05) is 6.08 Å². The van der Waals surface area contributed by atoms with Crippen molar-refractivity contribution < 1.29 is 18.8 Å². The maximum absolute atomic E-state index is 11.9. The number of methoxy groups -OCH3 is 1. The van der Waals surface area contributed by atoms with Crippen LogP contribution >= 0.6 is 0 Å². The van der Waals surface area contributed by atoms with Gasteiger partial charge >= 0.3 is 13.1 Å². The lowest BCUT2D eigenvalue weighted by Crippen LogP contribution is -2.41. The summed E-state index contributed by atoms with van der Waals surface area (Å²) in [5.74, 6) is -0.457. The molecule has 1 aromatic heterocycles. The smallest absolute Gasteiger partial charge is 0.464 e. The molecule has 2 rings (SSSR count). The van der Waals surface area contributed by atoms with Gasteiger partial charge in [0.25, 0.3) is 0 Å². The van der Waals surface area contributed by atoms with E-state index in [2.05, 4.69) is 5.10 Å². The number of esters is 1. The molecule has 1 aliphatic heterocycles. The Morgan fingerprint density at radius 3 is 2.43 bits per heavy atom. The quantitative estimate of drug-likeness (QED) is 0.662. The fraction of sp³-hybridized carbons (Fsp3) is 0.600. The second kappa shape index (κ2) is 6.11. The normalized spacial score (nSPS) is 20.0. The van der Waals surface area contributed by atoms with Gasteiger partial charge in [0.2, 0.25) is 0 Å². The highest BCUT2D eigenvalue weighted by atomic mass is 16.7. The zero-order valence-corrected chi connectivity index (χ0v) is 14.5. The van der Waals surface area contributed by atoms with E-state index in [-0.39, 0.29) is 6.54 Å². The minimum atomic E-state index is -0.560. The minimum absolute atomic E-state index is 0.242. The first kappa shape index (κ1) is 17.7. The summed E-state index contributed by atoms with van der Waals surface area (Å²) in [6.07, 6.45) is 3.37. The molecule has 0 saturated carbocycles. The van der Waals surface area contributed by atoms with E-state index in [1.807, 2.05) is 27.7 Å². The lowest BCUT2D eigenvalue weighted by atomic mass is 9.77. The maximum Gasteiger partial charge on any atom is 0.491 e. The molecule has 0 amide bonds. The van der Waals surface area contributed by atoms with E-state index >= 15 is 0 Å². The molecule has 0 unspecified atom stereocenters. The van der Waals surface area contributed by atoms with Crippen LogP contribution in [0.1, 0.15) is 43.7 Å². The average Bonchev–Trinajstić information content (AvgIpc) is 2.92. The zero-order chi connectivity index (χ0) is 17.4. The molecule has 2 heterocycles. The third-order valence-corrected chi connectivity index (χ3v) is 4.48. The molecule has 0 spiro atoms. The summed E-state index contributed by atoms with van der Waals surface area (Å²) >= 11 is 0. The Labute approximate surface area is 136 Å². The van der Waals surface area contributed by atoms with Crippen LogP contribution < -0.4 is 5.73 Å². The first-order valence-electron chi connectivity index (χ1n) is 7.49. The highest BCUT2D eigenvalue weighted by Gasteiger charge is 2.52. The van der Waals surface area contributed by atoms with E-state index in [0.29, 0.717) is 11.3 Å². The lowest BCUT2D eigenvalue weighted by molar-refractivity contribution is 0.00578. The summed E-state index contributed by atoms with van der Waals surface area (Å²) in [6.45, 7) is 8.15. The van der Waals surface area contributed by atoms with Gasteiger partial charge in [-0.3, -0.25) is 4.68 Å². The number of carbonyl (C=O) groups excluding carboxylic acids is 1. The van der Waals surface area contributed by atoms with Crippen molar-refractivity contribution in [3.8, 4) is 0 Å². The van der Waals surface area contributed by atoms with Crippen molar-refractivity contribution in [1.29, 1.82) is 0 Å². The zero-order valence-electron chi connectivity index (χ0n) is 14.5. The number of rotatable bonds is 4. The summed E-state index contributed by atoms with van der Waals surface area (Å²) in [7, 11) is 2.46. The maximum atomic E-state index is 11.9. The number of carbonyl (C=O) groups is 1. The van der Waals surface area contributed by atoms with Crippen LogP contribution in [0.3, 0.4) is 0 Å². The van der Waals surface area contributed by atoms with E-state index in [9.17, 15) is 4.79 Å². The van der Waals surface area contributed by atoms with Gasteiger partial charge in [-0.05, 0) is 33.2 Å². The van der Waals surface area contributed by atoms with Gasteiger partial charge in [0.1, 0.15) is 0 Å². The van der Waals surface area contributed by atoms with Gasteiger partial charge in [-0.2, -0.15) is 5.10 Å². The molecule has 1 fully saturated rings. The van der Waals surface area contributed by atoms with Gasteiger partial charge in [-0.25, -0.2) is 4.79 Å². The lowest BCUT2D eigenvalue weighted by Gasteiger charge is -2.32. The molecule has 0 atom stereocenters. The van der Waals surface area contributed by atoms with Gasteiger partial charge < -0.3 is 19.8 Å². The molecule has 1 aliphatic rings. The van der Waals surface area contributed by atoms with E-state index in [1.165, 1.54) is 11.8 Å². The molecule has 0 bridgehead atoms. The first-order valence-corrected chi connectivity index (χ1v) is 7.49.